The number of nitrogens with one attached hydrogen (secondary N) is 2. The van der Waals surface area contributed by atoms with E-state index in [0.717, 1.165) is 12.1 Å². The van der Waals surface area contributed by atoms with E-state index in [1.54, 1.807) is 24.3 Å². The largest absolute Gasteiger partial charge is 0.507 e. The number of carbonyl (C=O) groups excluding carboxylic acids is 1. The summed E-state index contributed by atoms with van der Waals surface area (Å²) in [6.07, 6.45) is 0. The van der Waals surface area contributed by atoms with E-state index in [-0.39, 0.29) is 22.5 Å². The van der Waals surface area contributed by atoms with Crippen LogP contribution in [0.1, 0.15) is 20.7 Å². The number of anilines is 2. The van der Waals surface area contributed by atoms with Crippen molar-refractivity contribution in [1.29, 1.82) is 10.5 Å². The number of hydrogen-bond donors (Lipinski definition) is 4. The molecule has 0 atom stereocenters. The maximum Gasteiger partial charge on any atom is 0.339 e. The first kappa shape index (κ1) is 18.0. The van der Waals surface area contributed by atoms with Gasteiger partial charge in [0, 0.05) is 11.3 Å². The first-order valence-corrected chi connectivity index (χ1v) is 7.06. The Kier molecular flexibility index (Phi) is 5.49. The second-order valence-electron chi connectivity index (χ2n) is 4.87. The van der Waals surface area contributed by atoms with Gasteiger partial charge in [0.25, 0.3) is 5.91 Å². The zero-order valence-corrected chi connectivity index (χ0v) is 13.1. The van der Waals surface area contributed by atoms with E-state index in [1.165, 1.54) is 18.2 Å². The molecule has 0 unspecified atom stereocenters. The Bertz CT molecular complexity index is 969. The predicted octanol–water partition coefficient (Wildman–Crippen LogP) is 2.16. The summed E-state index contributed by atoms with van der Waals surface area (Å²) in [5.74, 6) is -2.26. The van der Waals surface area contributed by atoms with Crippen LogP contribution in [0.2, 0.25) is 0 Å². The molecule has 1 amide bonds. The lowest BCUT2D eigenvalue weighted by molar-refractivity contribution is 0.0693. The van der Waals surface area contributed by atoms with Gasteiger partial charge in [0.05, 0.1) is 5.69 Å². The molecule has 2 aromatic rings. The molecule has 9 heteroatoms. The van der Waals surface area contributed by atoms with Crippen molar-refractivity contribution in [2.75, 3.05) is 10.7 Å². The maximum absolute atomic E-state index is 12.3. The minimum absolute atomic E-state index is 0.192. The van der Waals surface area contributed by atoms with Gasteiger partial charge in [0.1, 0.15) is 23.5 Å². The molecule has 0 saturated carbocycles. The molecule has 4 N–H and O–H groups in total. The molecule has 0 spiro atoms. The van der Waals surface area contributed by atoms with Crippen LogP contribution < -0.4 is 10.7 Å². The van der Waals surface area contributed by atoms with Crippen molar-refractivity contribution < 1.29 is 19.8 Å². The number of hydrazone groups is 1. The summed E-state index contributed by atoms with van der Waals surface area (Å²) in [7, 11) is 0. The fourth-order valence-corrected chi connectivity index (χ4v) is 1.91. The summed E-state index contributed by atoms with van der Waals surface area (Å²) in [5, 5.41) is 41.8. The molecule has 128 valence electrons. The third kappa shape index (κ3) is 4.34. The molecule has 0 saturated heterocycles. The first-order chi connectivity index (χ1) is 12.4. The van der Waals surface area contributed by atoms with Crippen LogP contribution in [0, 0.1) is 22.7 Å². The molecule has 0 bridgehead atoms. The third-order valence-corrected chi connectivity index (χ3v) is 3.12. The zero-order chi connectivity index (χ0) is 19.1. The summed E-state index contributed by atoms with van der Waals surface area (Å²) in [6.45, 7) is 0. The van der Waals surface area contributed by atoms with Gasteiger partial charge in [-0.2, -0.15) is 15.6 Å². The zero-order valence-electron chi connectivity index (χ0n) is 13.1. The Morgan fingerprint density at radius 1 is 1.04 bits per heavy atom. The minimum Gasteiger partial charge on any atom is -0.507 e. The second kappa shape index (κ2) is 7.95. The molecule has 0 aliphatic heterocycles. The van der Waals surface area contributed by atoms with E-state index in [2.05, 4.69) is 15.8 Å². The van der Waals surface area contributed by atoms with Crippen LogP contribution in [0.3, 0.4) is 0 Å². The van der Waals surface area contributed by atoms with Crippen LogP contribution in [0.25, 0.3) is 0 Å². The summed E-state index contributed by atoms with van der Waals surface area (Å²) < 4.78 is 0. The van der Waals surface area contributed by atoms with Crippen LogP contribution in [0.15, 0.2) is 47.6 Å². The minimum atomic E-state index is -1.33. The lowest BCUT2D eigenvalue weighted by Gasteiger charge is -2.08. The summed E-state index contributed by atoms with van der Waals surface area (Å²) in [4.78, 5) is 23.3. The number of benzene rings is 2. The van der Waals surface area contributed by atoms with E-state index in [9.17, 15) is 14.7 Å². The Morgan fingerprint density at radius 3 is 2.42 bits per heavy atom. The standard InChI is InChI=1S/C17H11N5O4/c18-8-13(9-19)22-21-12-3-1-2-10(6-12)16(24)20-11-4-5-15(23)14(7-11)17(25)26/h1-7,21,23H,(H,20,24)(H,25,26). The molecule has 2 aromatic carbocycles. The van der Waals surface area contributed by atoms with Gasteiger partial charge in [-0.15, -0.1) is 0 Å². The van der Waals surface area contributed by atoms with E-state index < -0.39 is 17.6 Å². The van der Waals surface area contributed by atoms with Crippen LogP contribution >= 0.6 is 0 Å². The average molecular weight is 349 g/mol. The number of hydrogen-bond acceptors (Lipinski definition) is 7. The number of aromatic carboxylic acids is 1. The number of carboxylic acids is 1. The van der Waals surface area contributed by atoms with Crippen molar-refractivity contribution in [3.8, 4) is 17.9 Å². The monoisotopic (exact) mass is 349 g/mol. The van der Waals surface area contributed by atoms with Crippen molar-refractivity contribution in [1.82, 2.24) is 0 Å². The number of nitrogens with zero attached hydrogens (tertiary/aromatic N) is 3. The lowest BCUT2D eigenvalue weighted by Crippen LogP contribution is -2.12. The SMILES string of the molecule is N#CC(C#N)=NNc1cccc(C(=O)Nc2ccc(O)c(C(=O)O)c2)c1. The molecule has 26 heavy (non-hydrogen) atoms. The maximum atomic E-state index is 12.3. The fourth-order valence-electron chi connectivity index (χ4n) is 1.91. The van der Waals surface area contributed by atoms with Gasteiger partial charge >= 0.3 is 5.97 Å². The van der Waals surface area contributed by atoms with Crippen molar-refractivity contribution in [3.05, 3.63) is 53.6 Å². The van der Waals surface area contributed by atoms with Crippen LogP contribution in [0.5, 0.6) is 5.75 Å². The highest BCUT2D eigenvalue weighted by Crippen LogP contribution is 2.22. The molecule has 2 rings (SSSR count). The fraction of sp³-hybridized carbons (Fsp3) is 0. The van der Waals surface area contributed by atoms with Gasteiger partial charge in [0.15, 0.2) is 0 Å². The predicted molar refractivity (Wildman–Crippen MR) is 91.7 cm³/mol. The number of phenols is 1. The third-order valence-electron chi connectivity index (χ3n) is 3.12. The molecule has 0 heterocycles. The molecular weight excluding hydrogens is 338 g/mol. The molecule has 0 fully saturated rings. The van der Waals surface area contributed by atoms with E-state index in [4.69, 9.17) is 15.6 Å². The second-order valence-corrected chi connectivity index (χ2v) is 4.87. The number of amides is 1. The van der Waals surface area contributed by atoms with Gasteiger partial charge in [-0.3, -0.25) is 10.2 Å². The molecule has 0 aromatic heterocycles. The summed E-state index contributed by atoms with van der Waals surface area (Å²) in [6, 6.07) is 12.9. The highest BCUT2D eigenvalue weighted by atomic mass is 16.4. The van der Waals surface area contributed by atoms with Crippen molar-refractivity contribution in [2.45, 2.75) is 0 Å². The smallest absolute Gasteiger partial charge is 0.339 e. The average Bonchev–Trinajstić information content (AvgIpc) is 2.64. The van der Waals surface area contributed by atoms with Gasteiger partial charge in [-0.25, -0.2) is 4.79 Å². The summed E-state index contributed by atoms with van der Waals surface area (Å²) >= 11 is 0. The van der Waals surface area contributed by atoms with Gasteiger partial charge in [-0.1, -0.05) is 6.07 Å². The molecule has 0 aliphatic rings. The number of nitriles is 2. The van der Waals surface area contributed by atoms with E-state index in [0.29, 0.717) is 5.69 Å². The van der Waals surface area contributed by atoms with E-state index >= 15 is 0 Å². The lowest BCUT2D eigenvalue weighted by atomic mass is 10.1. The molecular formula is C17H11N5O4. The summed E-state index contributed by atoms with van der Waals surface area (Å²) in [5.41, 5.74) is 2.57. The van der Waals surface area contributed by atoms with Crippen LogP contribution in [-0.4, -0.2) is 27.8 Å². The van der Waals surface area contributed by atoms with Crippen LogP contribution in [0.4, 0.5) is 11.4 Å². The highest BCUT2D eigenvalue weighted by Gasteiger charge is 2.12. The first-order valence-electron chi connectivity index (χ1n) is 7.06. The Morgan fingerprint density at radius 2 is 1.77 bits per heavy atom. The normalized spacial score (nSPS) is 9.31. The Labute approximate surface area is 147 Å². The van der Waals surface area contributed by atoms with Gasteiger partial charge in [-0.05, 0) is 36.4 Å². The number of carbonyl (C=O) groups is 2. The van der Waals surface area contributed by atoms with Crippen molar-refractivity contribution in [3.63, 3.8) is 0 Å². The highest BCUT2D eigenvalue weighted by molar-refractivity contribution is 6.10. The van der Waals surface area contributed by atoms with E-state index in [1.807, 2.05) is 0 Å². The molecule has 0 aliphatic carbocycles. The van der Waals surface area contributed by atoms with Crippen molar-refractivity contribution in [2.24, 2.45) is 5.10 Å². The topological polar surface area (TPSA) is 159 Å². The molecule has 0 radical (unpaired) electrons. The molecule has 9 nitrogen and oxygen atoms in total. The van der Waals surface area contributed by atoms with Gasteiger partial charge < -0.3 is 15.5 Å². The quantitative estimate of drug-likeness (QED) is 0.365. The Hall–Kier alpha value is -4.37. The number of rotatable bonds is 5. The van der Waals surface area contributed by atoms with Gasteiger partial charge in [0.2, 0.25) is 5.71 Å². The van der Waals surface area contributed by atoms with Crippen molar-refractivity contribution >= 4 is 29.0 Å². The van der Waals surface area contributed by atoms with Crippen LogP contribution in [-0.2, 0) is 0 Å². The number of carboxylic acid groups (broad SMARTS) is 1. The number of aromatic hydroxyl groups is 1. The Balaban J connectivity index is 2.18.